The Hall–Kier alpha value is -0.120. The summed E-state index contributed by atoms with van der Waals surface area (Å²) in [6.07, 6.45) is 6.52. The molecule has 2 aliphatic heterocycles. The van der Waals surface area contributed by atoms with Gasteiger partial charge in [0.1, 0.15) is 0 Å². The Morgan fingerprint density at radius 2 is 2.07 bits per heavy atom. The van der Waals surface area contributed by atoms with Gasteiger partial charge in [0.25, 0.3) is 0 Å². The van der Waals surface area contributed by atoms with Gasteiger partial charge in [-0.25, -0.2) is 0 Å². The summed E-state index contributed by atoms with van der Waals surface area (Å²) in [5, 5.41) is 7.12. The quantitative estimate of drug-likeness (QED) is 0.671. The molecule has 2 N–H and O–H groups in total. The van der Waals surface area contributed by atoms with Crippen molar-refractivity contribution < 1.29 is 4.74 Å². The average molecular weight is 212 g/mol. The zero-order valence-electron chi connectivity index (χ0n) is 9.63. The van der Waals surface area contributed by atoms with E-state index < -0.39 is 0 Å². The van der Waals surface area contributed by atoms with Crippen LogP contribution in [-0.4, -0.2) is 38.9 Å². The highest BCUT2D eigenvalue weighted by Gasteiger charge is 2.15. The monoisotopic (exact) mass is 212 g/mol. The lowest BCUT2D eigenvalue weighted by Crippen LogP contribution is -2.31. The molecule has 2 saturated heterocycles. The Bertz CT molecular complexity index is 163. The minimum absolute atomic E-state index is 0.784. The van der Waals surface area contributed by atoms with Crippen molar-refractivity contribution in [2.24, 2.45) is 5.92 Å². The summed E-state index contributed by atoms with van der Waals surface area (Å²) in [7, 11) is 0. The van der Waals surface area contributed by atoms with E-state index in [2.05, 4.69) is 10.6 Å². The van der Waals surface area contributed by atoms with Crippen LogP contribution >= 0.6 is 0 Å². The van der Waals surface area contributed by atoms with Gasteiger partial charge in [0.05, 0.1) is 0 Å². The van der Waals surface area contributed by atoms with E-state index in [1.54, 1.807) is 0 Å². The number of rotatable bonds is 5. The lowest BCUT2D eigenvalue weighted by Gasteiger charge is -2.22. The lowest BCUT2D eigenvalue weighted by molar-refractivity contribution is 0.0663. The van der Waals surface area contributed by atoms with Crippen LogP contribution in [-0.2, 0) is 4.74 Å². The fourth-order valence-electron chi connectivity index (χ4n) is 2.54. The summed E-state index contributed by atoms with van der Waals surface area (Å²) >= 11 is 0. The lowest BCUT2D eigenvalue weighted by atomic mass is 10.0. The summed E-state index contributed by atoms with van der Waals surface area (Å²) in [6, 6.07) is 0.784. The second-order valence-corrected chi connectivity index (χ2v) is 4.84. The predicted molar refractivity (Wildman–Crippen MR) is 62.1 cm³/mol. The molecule has 2 aliphatic rings. The molecule has 0 amide bonds. The third-order valence-corrected chi connectivity index (χ3v) is 3.61. The first kappa shape index (κ1) is 11.4. The van der Waals surface area contributed by atoms with E-state index in [1.807, 2.05) is 0 Å². The van der Waals surface area contributed by atoms with Crippen LogP contribution in [0.25, 0.3) is 0 Å². The molecule has 15 heavy (non-hydrogen) atoms. The molecule has 0 radical (unpaired) electrons. The van der Waals surface area contributed by atoms with E-state index in [1.165, 1.54) is 51.7 Å². The maximum Gasteiger partial charge on any atom is 0.0469 e. The van der Waals surface area contributed by atoms with Gasteiger partial charge in [-0.3, -0.25) is 0 Å². The Balaban J connectivity index is 1.47. The van der Waals surface area contributed by atoms with Crippen LogP contribution in [0.5, 0.6) is 0 Å². The molecule has 2 heterocycles. The smallest absolute Gasteiger partial charge is 0.0469 e. The molecule has 1 atom stereocenters. The molecular formula is C12H24N2O. The van der Waals surface area contributed by atoms with Gasteiger partial charge in [-0.05, 0) is 57.7 Å². The van der Waals surface area contributed by atoms with Gasteiger partial charge in [-0.2, -0.15) is 0 Å². The first-order valence-electron chi connectivity index (χ1n) is 6.47. The Kier molecular flexibility index (Phi) is 4.90. The Morgan fingerprint density at radius 3 is 2.80 bits per heavy atom. The van der Waals surface area contributed by atoms with Crippen LogP contribution in [0.1, 0.15) is 32.1 Å². The van der Waals surface area contributed by atoms with Gasteiger partial charge < -0.3 is 15.4 Å². The summed E-state index contributed by atoms with van der Waals surface area (Å²) in [6.45, 7) is 5.53. The first-order valence-corrected chi connectivity index (χ1v) is 6.47. The van der Waals surface area contributed by atoms with Crippen molar-refractivity contribution in [2.45, 2.75) is 38.1 Å². The molecule has 0 aromatic heterocycles. The highest BCUT2D eigenvalue weighted by Crippen LogP contribution is 2.13. The van der Waals surface area contributed by atoms with Gasteiger partial charge in [-0.15, -0.1) is 0 Å². The zero-order chi connectivity index (χ0) is 10.3. The van der Waals surface area contributed by atoms with E-state index in [-0.39, 0.29) is 0 Å². The van der Waals surface area contributed by atoms with Crippen LogP contribution < -0.4 is 10.6 Å². The van der Waals surface area contributed by atoms with Gasteiger partial charge in [0, 0.05) is 19.3 Å². The molecule has 0 bridgehead atoms. The van der Waals surface area contributed by atoms with Gasteiger partial charge >= 0.3 is 0 Å². The fraction of sp³-hybridized carbons (Fsp3) is 1.00. The van der Waals surface area contributed by atoms with E-state index in [9.17, 15) is 0 Å². The van der Waals surface area contributed by atoms with Crippen LogP contribution in [0.3, 0.4) is 0 Å². The summed E-state index contributed by atoms with van der Waals surface area (Å²) in [4.78, 5) is 0. The molecule has 0 aliphatic carbocycles. The Morgan fingerprint density at radius 1 is 1.20 bits per heavy atom. The second-order valence-electron chi connectivity index (χ2n) is 4.84. The molecule has 0 aromatic carbocycles. The van der Waals surface area contributed by atoms with Crippen molar-refractivity contribution >= 4 is 0 Å². The van der Waals surface area contributed by atoms with E-state index in [0.717, 1.165) is 25.2 Å². The van der Waals surface area contributed by atoms with Crippen molar-refractivity contribution in [3.05, 3.63) is 0 Å². The third kappa shape index (κ3) is 4.09. The highest BCUT2D eigenvalue weighted by molar-refractivity contribution is 4.75. The van der Waals surface area contributed by atoms with Crippen molar-refractivity contribution in [3.8, 4) is 0 Å². The SMILES string of the molecule is C1CNC(CCNCC2CCOCC2)C1. The second kappa shape index (κ2) is 6.46. The van der Waals surface area contributed by atoms with Crippen molar-refractivity contribution in [1.82, 2.24) is 10.6 Å². The molecule has 0 saturated carbocycles. The predicted octanol–water partition coefficient (Wildman–Crippen LogP) is 1.14. The molecule has 2 fully saturated rings. The topological polar surface area (TPSA) is 33.3 Å². The van der Waals surface area contributed by atoms with E-state index in [0.29, 0.717) is 0 Å². The van der Waals surface area contributed by atoms with Crippen LogP contribution in [0, 0.1) is 5.92 Å². The van der Waals surface area contributed by atoms with Crippen molar-refractivity contribution in [1.29, 1.82) is 0 Å². The molecular weight excluding hydrogens is 188 g/mol. The number of ether oxygens (including phenoxy) is 1. The Labute approximate surface area is 93.0 Å². The molecule has 3 nitrogen and oxygen atoms in total. The first-order chi connectivity index (χ1) is 7.45. The molecule has 2 rings (SSSR count). The van der Waals surface area contributed by atoms with Gasteiger partial charge in [0.2, 0.25) is 0 Å². The van der Waals surface area contributed by atoms with Crippen LogP contribution in [0.4, 0.5) is 0 Å². The largest absolute Gasteiger partial charge is 0.381 e. The summed E-state index contributed by atoms with van der Waals surface area (Å²) < 4.78 is 5.35. The average Bonchev–Trinajstić information content (AvgIpc) is 2.79. The molecule has 3 heteroatoms. The van der Waals surface area contributed by atoms with Gasteiger partial charge in [-0.1, -0.05) is 0 Å². The molecule has 1 unspecified atom stereocenters. The fourth-order valence-corrected chi connectivity index (χ4v) is 2.54. The minimum Gasteiger partial charge on any atom is -0.381 e. The van der Waals surface area contributed by atoms with Crippen LogP contribution in [0.15, 0.2) is 0 Å². The molecule has 0 spiro atoms. The maximum atomic E-state index is 5.35. The maximum absolute atomic E-state index is 5.35. The normalized spacial score (nSPS) is 28.4. The van der Waals surface area contributed by atoms with Crippen molar-refractivity contribution in [3.63, 3.8) is 0 Å². The standard InChI is InChI=1S/C12H24N2O/c1-2-12(14-6-1)3-7-13-10-11-4-8-15-9-5-11/h11-14H,1-10H2. The van der Waals surface area contributed by atoms with E-state index in [4.69, 9.17) is 4.74 Å². The zero-order valence-corrected chi connectivity index (χ0v) is 9.63. The molecule has 88 valence electrons. The number of hydrogen-bond acceptors (Lipinski definition) is 3. The summed E-state index contributed by atoms with van der Waals surface area (Å²) in [5.41, 5.74) is 0. The summed E-state index contributed by atoms with van der Waals surface area (Å²) in [5.74, 6) is 0.857. The number of hydrogen-bond donors (Lipinski definition) is 2. The molecule has 0 aromatic rings. The van der Waals surface area contributed by atoms with Crippen molar-refractivity contribution in [2.75, 3.05) is 32.8 Å². The van der Waals surface area contributed by atoms with Gasteiger partial charge in [0.15, 0.2) is 0 Å². The third-order valence-electron chi connectivity index (χ3n) is 3.61. The number of nitrogens with one attached hydrogen (secondary N) is 2. The van der Waals surface area contributed by atoms with Crippen LogP contribution in [0.2, 0.25) is 0 Å². The van der Waals surface area contributed by atoms with E-state index >= 15 is 0 Å². The minimum atomic E-state index is 0.784. The highest BCUT2D eigenvalue weighted by atomic mass is 16.5.